The zero-order valence-corrected chi connectivity index (χ0v) is 17.8. The highest BCUT2D eigenvalue weighted by molar-refractivity contribution is 7.13. The fourth-order valence-corrected chi connectivity index (χ4v) is 4.56. The van der Waals surface area contributed by atoms with Gasteiger partial charge in [-0.1, -0.05) is 19.9 Å². The molecule has 2 amide bonds. The second-order valence-corrected chi connectivity index (χ2v) is 8.88. The summed E-state index contributed by atoms with van der Waals surface area (Å²) < 4.78 is 0. The molecule has 0 aliphatic carbocycles. The van der Waals surface area contributed by atoms with Crippen molar-refractivity contribution >= 4 is 23.2 Å². The van der Waals surface area contributed by atoms with Crippen LogP contribution in [0.5, 0.6) is 0 Å². The molecule has 0 saturated carbocycles. The highest BCUT2D eigenvalue weighted by Gasteiger charge is 2.33. The van der Waals surface area contributed by atoms with Gasteiger partial charge < -0.3 is 9.80 Å². The number of hydrogen-bond acceptors (Lipinski definition) is 5. The zero-order valence-electron chi connectivity index (χ0n) is 17.0. The molecule has 28 heavy (non-hydrogen) atoms. The van der Waals surface area contributed by atoms with Gasteiger partial charge >= 0.3 is 0 Å². The Hall–Kier alpha value is -2.28. The summed E-state index contributed by atoms with van der Waals surface area (Å²) in [6.07, 6.45) is 5.33. The molecular formula is C21H28N4O2S. The van der Waals surface area contributed by atoms with Crippen LogP contribution in [0.3, 0.4) is 0 Å². The number of thiazole rings is 1. The van der Waals surface area contributed by atoms with Gasteiger partial charge in [-0.05, 0) is 38.3 Å². The molecule has 2 aromatic rings. The second-order valence-electron chi connectivity index (χ2n) is 7.68. The first-order valence-corrected chi connectivity index (χ1v) is 10.6. The number of rotatable bonds is 5. The Labute approximate surface area is 170 Å². The van der Waals surface area contributed by atoms with Crippen LogP contribution in [0, 0.1) is 19.8 Å². The van der Waals surface area contributed by atoms with Crippen molar-refractivity contribution in [1.82, 2.24) is 19.8 Å². The number of pyridine rings is 1. The maximum atomic E-state index is 13.0. The SMILES string of the molecule is Cc1nc(C)c(C(=O)N2CCCC(N(Cc3cccnc3)C(=O)C(C)C)C2)s1. The van der Waals surface area contributed by atoms with Crippen LogP contribution in [0.4, 0.5) is 0 Å². The highest BCUT2D eigenvalue weighted by Crippen LogP contribution is 2.25. The van der Waals surface area contributed by atoms with E-state index in [1.54, 1.807) is 12.4 Å². The number of likely N-dealkylation sites (tertiary alicyclic amines) is 1. The van der Waals surface area contributed by atoms with Crippen molar-refractivity contribution in [3.05, 3.63) is 45.7 Å². The molecule has 0 spiro atoms. The first kappa shape index (κ1) is 20.5. The predicted octanol–water partition coefficient (Wildman–Crippen LogP) is 3.44. The molecule has 1 saturated heterocycles. The molecular weight excluding hydrogens is 372 g/mol. The topological polar surface area (TPSA) is 66.4 Å². The first-order chi connectivity index (χ1) is 13.4. The molecule has 7 heteroatoms. The summed E-state index contributed by atoms with van der Waals surface area (Å²) in [6, 6.07) is 3.89. The van der Waals surface area contributed by atoms with E-state index in [1.807, 2.05) is 49.6 Å². The number of nitrogens with zero attached hydrogens (tertiary/aromatic N) is 4. The van der Waals surface area contributed by atoms with Gasteiger partial charge in [-0.25, -0.2) is 4.98 Å². The van der Waals surface area contributed by atoms with Crippen LogP contribution < -0.4 is 0 Å². The monoisotopic (exact) mass is 400 g/mol. The maximum absolute atomic E-state index is 13.0. The molecule has 1 unspecified atom stereocenters. The number of piperidine rings is 1. The molecule has 0 bridgehead atoms. The van der Waals surface area contributed by atoms with Crippen molar-refractivity contribution in [2.24, 2.45) is 5.92 Å². The van der Waals surface area contributed by atoms with Crippen LogP contribution >= 0.6 is 11.3 Å². The minimum Gasteiger partial charge on any atom is -0.336 e. The summed E-state index contributed by atoms with van der Waals surface area (Å²) in [6.45, 7) is 9.47. The Kier molecular flexibility index (Phi) is 6.44. The van der Waals surface area contributed by atoms with E-state index < -0.39 is 0 Å². The van der Waals surface area contributed by atoms with Gasteiger partial charge in [0.2, 0.25) is 5.91 Å². The van der Waals surface area contributed by atoms with E-state index in [2.05, 4.69) is 9.97 Å². The average Bonchev–Trinajstić information content (AvgIpc) is 3.03. The largest absolute Gasteiger partial charge is 0.336 e. The molecule has 1 atom stereocenters. The molecule has 1 fully saturated rings. The van der Waals surface area contributed by atoms with Gasteiger partial charge in [0.05, 0.1) is 10.7 Å². The van der Waals surface area contributed by atoms with Crippen molar-refractivity contribution in [2.75, 3.05) is 13.1 Å². The van der Waals surface area contributed by atoms with Gasteiger partial charge in [-0.15, -0.1) is 11.3 Å². The molecule has 0 aromatic carbocycles. The van der Waals surface area contributed by atoms with Crippen LogP contribution in [-0.2, 0) is 11.3 Å². The average molecular weight is 401 g/mol. The molecule has 0 N–H and O–H groups in total. The third kappa shape index (κ3) is 4.58. The van der Waals surface area contributed by atoms with Crippen LogP contribution in [-0.4, -0.2) is 50.7 Å². The van der Waals surface area contributed by atoms with Crippen LogP contribution in [0.25, 0.3) is 0 Å². The molecule has 1 aliphatic heterocycles. The molecule has 150 valence electrons. The standard InChI is InChI=1S/C21H28N4O2S/c1-14(2)20(26)25(12-17-7-5-9-22-11-17)18-8-6-10-24(13-18)21(27)19-15(3)23-16(4)28-19/h5,7,9,11,14,18H,6,8,10,12-13H2,1-4H3. The normalized spacial score (nSPS) is 17.0. The number of carbonyl (C=O) groups excluding carboxylic acids is 2. The lowest BCUT2D eigenvalue weighted by Gasteiger charge is -2.40. The van der Waals surface area contributed by atoms with E-state index in [9.17, 15) is 9.59 Å². The minimum atomic E-state index is -0.0888. The van der Waals surface area contributed by atoms with Crippen LogP contribution in [0.2, 0.25) is 0 Å². The fourth-order valence-electron chi connectivity index (χ4n) is 3.67. The Balaban J connectivity index is 1.79. The van der Waals surface area contributed by atoms with Gasteiger partial charge in [0.1, 0.15) is 4.88 Å². The van der Waals surface area contributed by atoms with Crippen molar-refractivity contribution < 1.29 is 9.59 Å². The molecule has 6 nitrogen and oxygen atoms in total. The van der Waals surface area contributed by atoms with Crippen molar-refractivity contribution in [3.63, 3.8) is 0 Å². The summed E-state index contributed by atoms with van der Waals surface area (Å²) in [5.74, 6) is 0.0632. The highest BCUT2D eigenvalue weighted by atomic mass is 32.1. The van der Waals surface area contributed by atoms with E-state index in [0.717, 1.165) is 35.7 Å². The second kappa shape index (κ2) is 8.82. The van der Waals surface area contributed by atoms with Crippen molar-refractivity contribution in [2.45, 2.75) is 53.1 Å². The van der Waals surface area contributed by atoms with E-state index >= 15 is 0 Å². The number of amides is 2. The third-order valence-electron chi connectivity index (χ3n) is 5.07. The van der Waals surface area contributed by atoms with E-state index in [-0.39, 0.29) is 23.8 Å². The van der Waals surface area contributed by atoms with Gasteiger partial charge in [-0.2, -0.15) is 0 Å². The summed E-state index contributed by atoms with van der Waals surface area (Å²) >= 11 is 1.45. The number of aryl methyl sites for hydroxylation is 2. The summed E-state index contributed by atoms with van der Waals surface area (Å²) in [5, 5.41) is 0.905. The summed E-state index contributed by atoms with van der Waals surface area (Å²) in [4.78, 5) is 39.1. The molecule has 3 heterocycles. The van der Waals surface area contributed by atoms with Gasteiger partial charge in [0.25, 0.3) is 5.91 Å². The molecule has 3 rings (SSSR count). The number of hydrogen-bond donors (Lipinski definition) is 0. The number of carbonyl (C=O) groups is 2. The van der Waals surface area contributed by atoms with Crippen molar-refractivity contribution in [3.8, 4) is 0 Å². The molecule has 1 aliphatic rings. The zero-order chi connectivity index (χ0) is 20.3. The van der Waals surface area contributed by atoms with E-state index in [4.69, 9.17) is 0 Å². The fraction of sp³-hybridized carbons (Fsp3) is 0.524. The Bertz CT molecular complexity index is 834. The Morgan fingerprint density at radius 2 is 2.14 bits per heavy atom. The van der Waals surface area contributed by atoms with Crippen LogP contribution in [0.15, 0.2) is 24.5 Å². The minimum absolute atomic E-state index is 0.0159. The lowest BCUT2D eigenvalue weighted by atomic mass is 10.0. The smallest absolute Gasteiger partial charge is 0.265 e. The first-order valence-electron chi connectivity index (χ1n) is 9.79. The quantitative estimate of drug-likeness (QED) is 0.771. The Morgan fingerprint density at radius 3 is 2.75 bits per heavy atom. The summed E-state index contributed by atoms with van der Waals surface area (Å²) in [5.41, 5.74) is 1.80. The number of aromatic nitrogens is 2. The third-order valence-corrected chi connectivity index (χ3v) is 6.14. The lowest BCUT2D eigenvalue weighted by molar-refractivity contribution is -0.138. The summed E-state index contributed by atoms with van der Waals surface area (Å²) in [7, 11) is 0. The van der Waals surface area contributed by atoms with Crippen molar-refractivity contribution in [1.29, 1.82) is 0 Å². The Morgan fingerprint density at radius 1 is 1.36 bits per heavy atom. The van der Waals surface area contributed by atoms with E-state index in [1.165, 1.54) is 11.3 Å². The van der Waals surface area contributed by atoms with Gasteiger partial charge in [0, 0.05) is 44.0 Å². The maximum Gasteiger partial charge on any atom is 0.265 e. The van der Waals surface area contributed by atoms with Crippen LogP contribution in [0.1, 0.15) is 52.6 Å². The molecule has 2 aromatic heterocycles. The van der Waals surface area contributed by atoms with E-state index in [0.29, 0.717) is 18.0 Å². The lowest BCUT2D eigenvalue weighted by Crippen LogP contribution is -2.52. The van der Waals surface area contributed by atoms with Gasteiger partial charge in [-0.3, -0.25) is 14.6 Å². The predicted molar refractivity (Wildman–Crippen MR) is 110 cm³/mol. The molecule has 0 radical (unpaired) electrons. The van der Waals surface area contributed by atoms with Gasteiger partial charge in [0.15, 0.2) is 0 Å².